The quantitative estimate of drug-likeness (QED) is 0.866. The summed E-state index contributed by atoms with van der Waals surface area (Å²) in [5.41, 5.74) is 0.255. The van der Waals surface area contributed by atoms with Crippen molar-refractivity contribution in [2.24, 2.45) is 11.8 Å². The first kappa shape index (κ1) is 19.5. The van der Waals surface area contributed by atoms with E-state index in [4.69, 9.17) is 5.11 Å². The monoisotopic (exact) mass is 380 g/mol. The van der Waals surface area contributed by atoms with Gasteiger partial charge in [0.05, 0.1) is 28.5 Å². The maximum atomic E-state index is 13.0. The van der Waals surface area contributed by atoms with Crippen LogP contribution < -0.4 is 4.90 Å². The van der Waals surface area contributed by atoms with Crippen LogP contribution in [-0.4, -0.2) is 48.5 Å². The number of nitrogens with zero attached hydrogens (tertiary/aromatic N) is 2. The van der Waals surface area contributed by atoms with E-state index < -0.39 is 45.1 Å². The third-order valence-electron chi connectivity index (χ3n) is 4.22. The second-order valence-corrected chi connectivity index (χ2v) is 9.62. The van der Waals surface area contributed by atoms with E-state index in [1.165, 1.54) is 37.8 Å². The molecular weight excluding hydrogens is 361 g/mol. The van der Waals surface area contributed by atoms with Crippen molar-refractivity contribution < 1.29 is 31.5 Å². The number of carbonyl (C=O) groups is 1. The lowest BCUT2D eigenvalue weighted by atomic mass is 9.96. The minimum Gasteiger partial charge on any atom is -0.481 e. The molecule has 1 saturated heterocycles. The second-order valence-electron chi connectivity index (χ2n) is 6.97. The van der Waals surface area contributed by atoms with E-state index in [1.807, 2.05) is 0 Å². The Hall–Kier alpha value is -1.84. The fraction of sp³-hybridized carbons (Fsp3) is 0.600. The number of pyridine rings is 1. The molecule has 6 nitrogen and oxygen atoms in total. The number of hydrogen-bond donors (Lipinski definition) is 1. The van der Waals surface area contributed by atoms with Gasteiger partial charge in [-0.2, -0.15) is 13.2 Å². The Bertz CT molecular complexity index is 754. The predicted octanol–water partition coefficient (Wildman–Crippen LogP) is 2.35. The Morgan fingerprint density at radius 3 is 2.20 bits per heavy atom. The van der Waals surface area contributed by atoms with Gasteiger partial charge in [-0.05, 0) is 32.9 Å². The first-order valence-electron chi connectivity index (χ1n) is 7.50. The molecule has 2 rings (SSSR count). The molecule has 0 bridgehead atoms. The fourth-order valence-electron chi connectivity index (χ4n) is 2.63. The van der Waals surface area contributed by atoms with Crippen LogP contribution in [0.3, 0.4) is 0 Å². The van der Waals surface area contributed by atoms with Gasteiger partial charge in [0.25, 0.3) is 0 Å². The summed E-state index contributed by atoms with van der Waals surface area (Å²) in [4.78, 5) is 16.2. The van der Waals surface area contributed by atoms with Crippen LogP contribution in [0.2, 0.25) is 0 Å². The van der Waals surface area contributed by atoms with E-state index >= 15 is 0 Å². The molecule has 0 aliphatic carbocycles. The van der Waals surface area contributed by atoms with Gasteiger partial charge in [-0.3, -0.25) is 4.79 Å². The number of carboxylic acid groups (broad SMARTS) is 1. The van der Waals surface area contributed by atoms with Gasteiger partial charge < -0.3 is 10.0 Å². The van der Waals surface area contributed by atoms with Crippen molar-refractivity contribution in [1.82, 2.24) is 4.98 Å². The Morgan fingerprint density at radius 2 is 1.84 bits per heavy atom. The lowest BCUT2D eigenvalue weighted by Crippen LogP contribution is -2.33. The molecule has 140 valence electrons. The highest BCUT2D eigenvalue weighted by Gasteiger charge is 2.52. The number of hydrogen-bond acceptors (Lipinski definition) is 5. The average Bonchev–Trinajstić information content (AvgIpc) is 2.91. The van der Waals surface area contributed by atoms with E-state index in [-0.39, 0.29) is 17.3 Å². The molecule has 10 heteroatoms. The van der Waals surface area contributed by atoms with Crippen LogP contribution in [0.25, 0.3) is 0 Å². The average molecular weight is 380 g/mol. The summed E-state index contributed by atoms with van der Waals surface area (Å²) >= 11 is 0. The van der Waals surface area contributed by atoms with Crippen LogP contribution in [0.4, 0.5) is 18.9 Å². The smallest absolute Gasteiger partial charge is 0.394 e. The summed E-state index contributed by atoms with van der Waals surface area (Å²) in [6.07, 6.45) is -3.46. The predicted molar refractivity (Wildman–Crippen MR) is 84.1 cm³/mol. The number of aromatic nitrogens is 1. The Kier molecular flexibility index (Phi) is 4.79. The molecule has 0 spiro atoms. The molecule has 1 fully saturated rings. The number of anilines is 1. The van der Waals surface area contributed by atoms with Crippen molar-refractivity contribution >= 4 is 21.5 Å². The minimum atomic E-state index is -4.62. The van der Waals surface area contributed by atoms with Crippen molar-refractivity contribution in [3.63, 3.8) is 0 Å². The SMILES string of the molecule is CC(C)(C)S(=O)(=O)c1ccc(N2C[C@@H](C(F)(F)F)[C@H](C(=O)O)C2)cn1. The molecule has 1 aliphatic heterocycles. The van der Waals surface area contributed by atoms with Crippen molar-refractivity contribution in [2.75, 3.05) is 18.0 Å². The second kappa shape index (κ2) is 6.15. The summed E-state index contributed by atoms with van der Waals surface area (Å²) in [7, 11) is -3.68. The maximum absolute atomic E-state index is 13.0. The van der Waals surface area contributed by atoms with Crippen molar-refractivity contribution in [1.29, 1.82) is 0 Å². The molecule has 25 heavy (non-hydrogen) atoms. The molecule has 1 aromatic heterocycles. The molecule has 0 unspecified atom stereocenters. The third-order valence-corrected chi connectivity index (χ3v) is 6.63. The molecule has 1 aliphatic rings. The molecule has 0 aromatic carbocycles. The number of sulfone groups is 1. The van der Waals surface area contributed by atoms with Gasteiger partial charge >= 0.3 is 12.1 Å². The van der Waals surface area contributed by atoms with Gasteiger partial charge in [0.1, 0.15) is 0 Å². The van der Waals surface area contributed by atoms with E-state index in [0.717, 1.165) is 6.20 Å². The van der Waals surface area contributed by atoms with Gasteiger partial charge in [-0.15, -0.1) is 0 Å². The van der Waals surface area contributed by atoms with Crippen molar-refractivity contribution in [2.45, 2.75) is 36.7 Å². The summed E-state index contributed by atoms with van der Waals surface area (Å²) < 4.78 is 62.6. The van der Waals surface area contributed by atoms with Crippen LogP contribution in [0.1, 0.15) is 20.8 Å². The molecule has 1 aromatic rings. The summed E-state index contributed by atoms with van der Waals surface area (Å²) in [6.45, 7) is 3.73. The highest BCUT2D eigenvalue weighted by Crippen LogP contribution is 2.39. The first-order chi connectivity index (χ1) is 11.2. The van der Waals surface area contributed by atoms with Gasteiger partial charge in [0, 0.05) is 13.1 Å². The first-order valence-corrected chi connectivity index (χ1v) is 8.98. The molecule has 2 atom stereocenters. The van der Waals surface area contributed by atoms with E-state index in [1.54, 1.807) is 0 Å². The van der Waals surface area contributed by atoms with E-state index in [2.05, 4.69) is 4.98 Å². The topological polar surface area (TPSA) is 87.6 Å². The van der Waals surface area contributed by atoms with Crippen molar-refractivity contribution in [3.05, 3.63) is 18.3 Å². The summed E-state index contributed by atoms with van der Waals surface area (Å²) in [6, 6.07) is 2.58. The van der Waals surface area contributed by atoms with Gasteiger partial charge in [-0.25, -0.2) is 13.4 Å². The van der Waals surface area contributed by atoms with Crippen LogP contribution in [-0.2, 0) is 14.6 Å². The van der Waals surface area contributed by atoms with E-state index in [9.17, 15) is 26.4 Å². The van der Waals surface area contributed by atoms with Crippen molar-refractivity contribution in [3.8, 4) is 0 Å². The van der Waals surface area contributed by atoms with Gasteiger partial charge in [0.15, 0.2) is 14.9 Å². The number of carboxylic acids is 1. The Balaban J connectivity index is 2.28. The zero-order chi connectivity index (χ0) is 19.2. The zero-order valence-electron chi connectivity index (χ0n) is 13.9. The number of alkyl halides is 3. The number of aliphatic carboxylic acids is 1. The fourth-order valence-corrected chi connectivity index (χ4v) is 3.69. The van der Waals surface area contributed by atoms with Crippen LogP contribution >= 0.6 is 0 Å². The molecular formula is C15H19F3N2O4S. The van der Waals surface area contributed by atoms with Crippen LogP contribution in [0.15, 0.2) is 23.4 Å². The lowest BCUT2D eigenvalue weighted by Gasteiger charge is -2.21. The summed E-state index contributed by atoms with van der Waals surface area (Å²) in [5.74, 6) is -5.06. The highest BCUT2D eigenvalue weighted by atomic mass is 32.2. The van der Waals surface area contributed by atoms with E-state index in [0.29, 0.717) is 0 Å². The normalized spacial score (nSPS) is 22.2. The number of halogens is 3. The van der Waals surface area contributed by atoms with Gasteiger partial charge in [0.2, 0.25) is 0 Å². The highest BCUT2D eigenvalue weighted by molar-refractivity contribution is 7.92. The maximum Gasteiger partial charge on any atom is 0.394 e. The Labute approximate surface area is 143 Å². The van der Waals surface area contributed by atoms with Crippen LogP contribution in [0.5, 0.6) is 0 Å². The molecule has 0 amide bonds. The van der Waals surface area contributed by atoms with Gasteiger partial charge in [-0.1, -0.05) is 0 Å². The third kappa shape index (κ3) is 3.73. The number of rotatable bonds is 3. The van der Waals surface area contributed by atoms with Crippen LogP contribution in [0, 0.1) is 11.8 Å². The molecule has 0 radical (unpaired) electrons. The standard InChI is InChI=1S/C15H19F3N2O4S/c1-14(2,3)25(23,24)12-5-4-9(6-19-12)20-7-10(13(21)22)11(8-20)15(16,17)18/h4-6,10-11H,7-8H2,1-3H3,(H,21,22)/t10-,11-/m1/s1. The zero-order valence-corrected chi connectivity index (χ0v) is 14.7. The molecule has 1 N–H and O–H groups in total. The Morgan fingerprint density at radius 1 is 1.24 bits per heavy atom. The minimum absolute atomic E-state index is 0.176. The lowest BCUT2D eigenvalue weighted by molar-refractivity contribution is -0.187. The molecule has 2 heterocycles. The summed E-state index contributed by atoms with van der Waals surface area (Å²) in [5, 5.41) is 8.85. The largest absolute Gasteiger partial charge is 0.481 e. The molecule has 0 saturated carbocycles.